The van der Waals surface area contributed by atoms with Crippen molar-refractivity contribution in [3.63, 3.8) is 0 Å². The molecule has 1 aromatic carbocycles. The van der Waals surface area contributed by atoms with Gasteiger partial charge in [-0.1, -0.05) is 0 Å². The maximum atomic E-state index is 11.3. The first kappa shape index (κ1) is 12.9. The Morgan fingerprint density at radius 2 is 2.28 bits per heavy atom. The van der Waals surface area contributed by atoms with Crippen molar-refractivity contribution < 1.29 is 9.90 Å². The van der Waals surface area contributed by atoms with Crippen LogP contribution in [-0.4, -0.2) is 23.7 Å². The number of carbonyl (C=O) groups is 1. The third kappa shape index (κ3) is 2.49. The molecule has 0 aliphatic carbocycles. The predicted octanol–water partition coefficient (Wildman–Crippen LogP) is 2.76. The molecule has 1 aliphatic rings. The molecule has 1 saturated heterocycles. The van der Waals surface area contributed by atoms with Crippen molar-refractivity contribution in [2.75, 3.05) is 11.4 Å². The van der Waals surface area contributed by atoms with Crippen LogP contribution < -0.4 is 4.90 Å². The highest BCUT2D eigenvalue weighted by molar-refractivity contribution is 9.10. The van der Waals surface area contributed by atoms with Gasteiger partial charge in [-0.15, -0.1) is 0 Å². The summed E-state index contributed by atoms with van der Waals surface area (Å²) in [5.41, 5.74) is 1.41. The number of nitriles is 1. The average Bonchev–Trinajstić information content (AvgIpc) is 2.38. The van der Waals surface area contributed by atoms with E-state index in [1.54, 1.807) is 12.1 Å². The zero-order valence-electron chi connectivity index (χ0n) is 9.77. The van der Waals surface area contributed by atoms with Crippen molar-refractivity contribution in [3.8, 4) is 6.07 Å². The van der Waals surface area contributed by atoms with Gasteiger partial charge in [-0.05, 0) is 53.4 Å². The molecule has 1 heterocycles. The Kier molecular flexibility index (Phi) is 3.87. The fourth-order valence-corrected chi connectivity index (χ4v) is 2.89. The summed E-state index contributed by atoms with van der Waals surface area (Å²) in [5, 5.41) is 18.1. The lowest BCUT2D eigenvalue weighted by Gasteiger charge is -2.35. The number of piperidine rings is 1. The zero-order chi connectivity index (χ0) is 13.1. The Morgan fingerprint density at radius 3 is 2.89 bits per heavy atom. The van der Waals surface area contributed by atoms with Crippen molar-refractivity contribution in [2.45, 2.75) is 25.3 Å². The van der Waals surface area contributed by atoms with Gasteiger partial charge in [0, 0.05) is 11.0 Å². The monoisotopic (exact) mass is 308 g/mol. The molecule has 1 unspecified atom stereocenters. The second-order valence-corrected chi connectivity index (χ2v) is 5.18. The minimum Gasteiger partial charge on any atom is -0.480 e. The van der Waals surface area contributed by atoms with Gasteiger partial charge in [0.2, 0.25) is 0 Å². The molecule has 1 fully saturated rings. The van der Waals surface area contributed by atoms with E-state index in [9.17, 15) is 9.90 Å². The molecule has 0 spiro atoms. The summed E-state index contributed by atoms with van der Waals surface area (Å²) in [6.07, 6.45) is 2.61. The highest BCUT2D eigenvalue weighted by Crippen LogP contribution is 2.32. The standard InChI is InChI=1S/C13H13BrN2O2/c14-10-7-9(8-15)4-5-11(10)16-6-2-1-3-12(16)13(17)18/h4-5,7,12H,1-3,6H2,(H,17,18). The number of halogens is 1. The van der Waals surface area contributed by atoms with E-state index in [0.717, 1.165) is 29.5 Å². The number of nitrogens with zero attached hydrogens (tertiary/aromatic N) is 2. The van der Waals surface area contributed by atoms with Gasteiger partial charge in [0.15, 0.2) is 0 Å². The van der Waals surface area contributed by atoms with Crippen LogP contribution in [0.5, 0.6) is 0 Å². The Hall–Kier alpha value is -1.54. The van der Waals surface area contributed by atoms with Gasteiger partial charge in [0.25, 0.3) is 0 Å². The Bertz CT molecular complexity index is 510. The third-order valence-corrected chi connectivity index (χ3v) is 3.81. The van der Waals surface area contributed by atoms with Gasteiger partial charge in [-0.2, -0.15) is 5.26 Å². The summed E-state index contributed by atoms with van der Waals surface area (Å²) in [4.78, 5) is 13.2. The molecule has 1 aromatic rings. The van der Waals surface area contributed by atoms with E-state index >= 15 is 0 Å². The molecule has 5 heteroatoms. The van der Waals surface area contributed by atoms with Gasteiger partial charge >= 0.3 is 5.97 Å². The zero-order valence-corrected chi connectivity index (χ0v) is 11.4. The number of carboxylic acid groups (broad SMARTS) is 1. The van der Waals surface area contributed by atoms with E-state index in [0.29, 0.717) is 12.0 Å². The van der Waals surface area contributed by atoms with Crippen LogP contribution in [0.3, 0.4) is 0 Å². The van der Waals surface area contributed by atoms with Crippen molar-refractivity contribution in [3.05, 3.63) is 28.2 Å². The van der Waals surface area contributed by atoms with Crippen molar-refractivity contribution >= 4 is 27.6 Å². The summed E-state index contributed by atoms with van der Waals surface area (Å²) < 4.78 is 0.773. The maximum Gasteiger partial charge on any atom is 0.326 e. The van der Waals surface area contributed by atoms with Crippen LogP contribution in [-0.2, 0) is 4.79 Å². The van der Waals surface area contributed by atoms with Gasteiger partial charge in [0.1, 0.15) is 6.04 Å². The summed E-state index contributed by atoms with van der Waals surface area (Å²) in [5.74, 6) is -0.786. The molecular formula is C13H13BrN2O2. The lowest BCUT2D eigenvalue weighted by molar-refractivity contribution is -0.139. The van der Waals surface area contributed by atoms with Crippen LogP contribution >= 0.6 is 15.9 Å². The second-order valence-electron chi connectivity index (χ2n) is 4.32. The van der Waals surface area contributed by atoms with E-state index in [-0.39, 0.29) is 0 Å². The molecule has 1 N–H and O–H groups in total. The van der Waals surface area contributed by atoms with E-state index in [1.807, 2.05) is 11.0 Å². The normalized spacial score (nSPS) is 19.3. The van der Waals surface area contributed by atoms with Crippen LogP contribution in [0.15, 0.2) is 22.7 Å². The minimum atomic E-state index is -0.786. The SMILES string of the molecule is N#Cc1ccc(N2CCCCC2C(=O)O)c(Br)c1. The van der Waals surface area contributed by atoms with Gasteiger partial charge in [0.05, 0.1) is 17.3 Å². The molecule has 0 bridgehead atoms. The lowest BCUT2D eigenvalue weighted by Crippen LogP contribution is -2.44. The van der Waals surface area contributed by atoms with Crippen LogP contribution in [0.4, 0.5) is 5.69 Å². The van der Waals surface area contributed by atoms with E-state index in [4.69, 9.17) is 5.26 Å². The first-order chi connectivity index (χ1) is 8.63. The van der Waals surface area contributed by atoms with Crippen molar-refractivity contribution in [2.24, 2.45) is 0 Å². The van der Waals surface area contributed by atoms with Crippen molar-refractivity contribution in [1.82, 2.24) is 0 Å². The van der Waals surface area contributed by atoms with Crippen LogP contribution in [0.1, 0.15) is 24.8 Å². The molecule has 2 rings (SSSR count). The molecule has 18 heavy (non-hydrogen) atoms. The lowest BCUT2D eigenvalue weighted by atomic mass is 10.0. The molecule has 1 aliphatic heterocycles. The molecule has 94 valence electrons. The minimum absolute atomic E-state index is 0.469. The number of aliphatic carboxylic acids is 1. The van der Waals surface area contributed by atoms with Gasteiger partial charge in [-0.25, -0.2) is 4.79 Å². The maximum absolute atomic E-state index is 11.3. The highest BCUT2D eigenvalue weighted by atomic mass is 79.9. The largest absolute Gasteiger partial charge is 0.480 e. The molecule has 4 nitrogen and oxygen atoms in total. The number of benzene rings is 1. The second kappa shape index (κ2) is 5.40. The Balaban J connectivity index is 2.34. The third-order valence-electron chi connectivity index (χ3n) is 3.17. The summed E-state index contributed by atoms with van der Waals surface area (Å²) >= 11 is 3.41. The smallest absolute Gasteiger partial charge is 0.326 e. The van der Waals surface area contributed by atoms with Crippen molar-refractivity contribution in [1.29, 1.82) is 5.26 Å². The van der Waals surface area contributed by atoms with Crippen LogP contribution in [0.2, 0.25) is 0 Å². The fourth-order valence-electron chi connectivity index (χ4n) is 2.29. The summed E-state index contributed by atoms with van der Waals surface area (Å²) in [6, 6.07) is 6.85. The number of rotatable bonds is 2. The molecule has 1 atom stereocenters. The first-order valence-corrected chi connectivity index (χ1v) is 6.62. The number of hydrogen-bond donors (Lipinski definition) is 1. The molecule has 0 amide bonds. The molecule has 0 saturated carbocycles. The number of carboxylic acids is 1. The average molecular weight is 309 g/mol. The quantitative estimate of drug-likeness (QED) is 0.912. The predicted molar refractivity (Wildman–Crippen MR) is 71.5 cm³/mol. The summed E-state index contributed by atoms with van der Waals surface area (Å²) in [6.45, 7) is 0.738. The Labute approximate surface area is 114 Å². The molecule has 0 radical (unpaired) electrons. The van der Waals surface area contributed by atoms with Gasteiger partial charge < -0.3 is 10.0 Å². The number of hydrogen-bond acceptors (Lipinski definition) is 3. The van der Waals surface area contributed by atoms with E-state index in [2.05, 4.69) is 22.0 Å². The number of anilines is 1. The van der Waals surface area contributed by atoms with Crippen LogP contribution in [0, 0.1) is 11.3 Å². The first-order valence-electron chi connectivity index (χ1n) is 5.82. The van der Waals surface area contributed by atoms with Crippen LogP contribution in [0.25, 0.3) is 0 Å². The highest BCUT2D eigenvalue weighted by Gasteiger charge is 2.29. The molecule has 0 aromatic heterocycles. The van der Waals surface area contributed by atoms with E-state index < -0.39 is 12.0 Å². The Morgan fingerprint density at radius 1 is 1.50 bits per heavy atom. The fraction of sp³-hybridized carbons (Fsp3) is 0.385. The topological polar surface area (TPSA) is 64.3 Å². The van der Waals surface area contributed by atoms with Gasteiger partial charge in [-0.3, -0.25) is 0 Å². The molecular weight excluding hydrogens is 296 g/mol. The van der Waals surface area contributed by atoms with E-state index in [1.165, 1.54) is 0 Å². The summed E-state index contributed by atoms with van der Waals surface area (Å²) in [7, 11) is 0.